The van der Waals surface area contributed by atoms with Crippen molar-refractivity contribution in [2.24, 2.45) is 0 Å². The topological polar surface area (TPSA) is 17.1 Å². The molecule has 0 aromatic heterocycles. The van der Waals surface area contributed by atoms with Crippen molar-refractivity contribution in [2.75, 3.05) is 0 Å². The Morgan fingerprint density at radius 3 is 2.50 bits per heavy atom. The Morgan fingerprint density at radius 2 is 1.94 bits per heavy atom. The molecule has 0 amide bonds. The number of hydrogen-bond acceptors (Lipinski definition) is 1. The first-order valence-electron chi connectivity index (χ1n) is 4.35. The van der Waals surface area contributed by atoms with E-state index in [-0.39, 0.29) is 5.02 Å². The summed E-state index contributed by atoms with van der Waals surface area (Å²) < 4.78 is 48.8. The number of carbonyl (C=O) groups is 1. The van der Waals surface area contributed by atoms with E-state index in [1.54, 1.807) is 0 Å². The summed E-state index contributed by atoms with van der Waals surface area (Å²) in [4.78, 5) is 11.3. The van der Waals surface area contributed by atoms with Crippen LogP contribution >= 0.6 is 11.6 Å². The molecule has 88 valence electrons. The standard InChI is InChI=1S/C10H7ClF4O/c11-7-3-1-2-6(9(7)12)8(16)4-5-10(13,14)15/h1-3H,4-5H2. The molecule has 0 fully saturated rings. The highest BCUT2D eigenvalue weighted by Gasteiger charge is 2.28. The Kier molecular flexibility index (Phi) is 3.91. The zero-order valence-electron chi connectivity index (χ0n) is 7.94. The maximum absolute atomic E-state index is 13.2. The molecule has 0 heterocycles. The van der Waals surface area contributed by atoms with Crippen LogP contribution in [0.5, 0.6) is 0 Å². The van der Waals surface area contributed by atoms with Crippen molar-refractivity contribution in [1.82, 2.24) is 0 Å². The highest BCUT2D eigenvalue weighted by Crippen LogP contribution is 2.24. The molecule has 0 aliphatic carbocycles. The van der Waals surface area contributed by atoms with E-state index in [4.69, 9.17) is 11.6 Å². The average Bonchev–Trinajstić information content (AvgIpc) is 2.17. The Hall–Kier alpha value is -1.10. The van der Waals surface area contributed by atoms with Gasteiger partial charge in [-0.25, -0.2) is 4.39 Å². The van der Waals surface area contributed by atoms with Crippen molar-refractivity contribution >= 4 is 17.4 Å². The third-order valence-electron chi connectivity index (χ3n) is 1.89. The van der Waals surface area contributed by atoms with Crippen LogP contribution in [0.25, 0.3) is 0 Å². The van der Waals surface area contributed by atoms with Gasteiger partial charge < -0.3 is 0 Å². The molecular formula is C10H7ClF4O. The number of carbonyl (C=O) groups excluding carboxylic acids is 1. The zero-order chi connectivity index (χ0) is 12.3. The van der Waals surface area contributed by atoms with E-state index in [1.807, 2.05) is 0 Å². The maximum atomic E-state index is 13.2. The average molecular weight is 255 g/mol. The second-order valence-electron chi connectivity index (χ2n) is 3.14. The minimum absolute atomic E-state index is 0.280. The first kappa shape index (κ1) is 13.0. The van der Waals surface area contributed by atoms with E-state index < -0.39 is 36.2 Å². The van der Waals surface area contributed by atoms with Crippen molar-refractivity contribution in [3.8, 4) is 0 Å². The first-order chi connectivity index (χ1) is 7.31. The minimum Gasteiger partial charge on any atom is -0.294 e. The van der Waals surface area contributed by atoms with Gasteiger partial charge in [0.05, 0.1) is 17.0 Å². The third kappa shape index (κ3) is 3.48. The third-order valence-corrected chi connectivity index (χ3v) is 2.18. The van der Waals surface area contributed by atoms with E-state index in [9.17, 15) is 22.4 Å². The largest absolute Gasteiger partial charge is 0.389 e. The zero-order valence-corrected chi connectivity index (χ0v) is 8.70. The van der Waals surface area contributed by atoms with Gasteiger partial charge in [0.1, 0.15) is 0 Å². The van der Waals surface area contributed by atoms with Gasteiger partial charge in [-0.1, -0.05) is 17.7 Å². The molecule has 0 spiro atoms. The Labute approximate surface area is 94.0 Å². The molecule has 0 saturated carbocycles. The van der Waals surface area contributed by atoms with Crippen molar-refractivity contribution < 1.29 is 22.4 Å². The van der Waals surface area contributed by atoms with Gasteiger partial charge in [-0.15, -0.1) is 0 Å². The number of alkyl halides is 3. The van der Waals surface area contributed by atoms with E-state index in [1.165, 1.54) is 12.1 Å². The summed E-state index contributed by atoms with van der Waals surface area (Å²) in [6.07, 6.45) is -6.47. The molecule has 0 atom stereocenters. The van der Waals surface area contributed by atoms with Crippen molar-refractivity contribution in [3.63, 3.8) is 0 Å². The predicted octanol–water partition coefficient (Wildman–Crippen LogP) is 4.00. The predicted molar refractivity (Wildman–Crippen MR) is 51.0 cm³/mol. The van der Waals surface area contributed by atoms with Crippen LogP contribution in [0, 0.1) is 5.82 Å². The van der Waals surface area contributed by atoms with Gasteiger partial charge in [-0.05, 0) is 12.1 Å². The monoisotopic (exact) mass is 254 g/mol. The molecule has 16 heavy (non-hydrogen) atoms. The van der Waals surface area contributed by atoms with Gasteiger partial charge in [0.25, 0.3) is 0 Å². The second kappa shape index (κ2) is 4.82. The molecule has 0 saturated heterocycles. The van der Waals surface area contributed by atoms with Crippen LogP contribution in [0.2, 0.25) is 5.02 Å². The van der Waals surface area contributed by atoms with E-state index in [0.717, 1.165) is 6.07 Å². The van der Waals surface area contributed by atoms with Crippen LogP contribution in [0.15, 0.2) is 18.2 Å². The summed E-state index contributed by atoms with van der Waals surface area (Å²) in [5, 5.41) is -0.280. The molecule has 0 radical (unpaired) electrons. The SMILES string of the molecule is O=C(CCC(F)(F)F)c1cccc(Cl)c1F. The van der Waals surface area contributed by atoms with Crippen LogP contribution in [-0.2, 0) is 0 Å². The smallest absolute Gasteiger partial charge is 0.294 e. The summed E-state index contributed by atoms with van der Waals surface area (Å²) in [6, 6.07) is 3.64. The Morgan fingerprint density at radius 1 is 1.31 bits per heavy atom. The molecular weight excluding hydrogens is 248 g/mol. The molecule has 0 bridgehead atoms. The first-order valence-corrected chi connectivity index (χ1v) is 4.73. The molecule has 0 N–H and O–H groups in total. The number of hydrogen-bond donors (Lipinski definition) is 0. The lowest BCUT2D eigenvalue weighted by molar-refractivity contribution is -0.133. The minimum atomic E-state index is -4.43. The number of halogens is 5. The van der Waals surface area contributed by atoms with Gasteiger partial charge >= 0.3 is 6.18 Å². The normalized spacial score (nSPS) is 11.6. The van der Waals surface area contributed by atoms with Crippen LogP contribution in [0.3, 0.4) is 0 Å². The second-order valence-corrected chi connectivity index (χ2v) is 3.55. The molecule has 0 unspecified atom stereocenters. The number of ketones is 1. The number of benzene rings is 1. The van der Waals surface area contributed by atoms with Crippen LogP contribution in [0.4, 0.5) is 17.6 Å². The highest BCUT2D eigenvalue weighted by atomic mass is 35.5. The van der Waals surface area contributed by atoms with Crippen LogP contribution in [-0.4, -0.2) is 12.0 Å². The van der Waals surface area contributed by atoms with Crippen LogP contribution < -0.4 is 0 Å². The molecule has 1 nitrogen and oxygen atoms in total. The molecule has 1 aromatic rings. The molecule has 0 aliphatic heterocycles. The van der Waals surface area contributed by atoms with Crippen LogP contribution in [0.1, 0.15) is 23.2 Å². The lowest BCUT2D eigenvalue weighted by Crippen LogP contribution is -2.11. The Bertz CT molecular complexity index is 400. The highest BCUT2D eigenvalue weighted by molar-refractivity contribution is 6.31. The van der Waals surface area contributed by atoms with E-state index >= 15 is 0 Å². The fourth-order valence-electron chi connectivity index (χ4n) is 1.11. The lowest BCUT2D eigenvalue weighted by atomic mass is 10.1. The summed E-state index contributed by atoms with van der Waals surface area (Å²) in [5.41, 5.74) is -0.406. The van der Waals surface area contributed by atoms with Crippen molar-refractivity contribution in [1.29, 1.82) is 0 Å². The van der Waals surface area contributed by atoms with Crippen molar-refractivity contribution in [2.45, 2.75) is 19.0 Å². The van der Waals surface area contributed by atoms with Gasteiger partial charge in [0.15, 0.2) is 11.6 Å². The van der Waals surface area contributed by atoms with Gasteiger partial charge in [0.2, 0.25) is 0 Å². The van der Waals surface area contributed by atoms with E-state index in [2.05, 4.69) is 0 Å². The fraction of sp³-hybridized carbons (Fsp3) is 0.300. The molecule has 6 heteroatoms. The summed E-state index contributed by atoms with van der Waals surface area (Å²) >= 11 is 5.40. The summed E-state index contributed by atoms with van der Waals surface area (Å²) in [6.45, 7) is 0. The molecule has 1 rings (SSSR count). The van der Waals surface area contributed by atoms with Crippen molar-refractivity contribution in [3.05, 3.63) is 34.6 Å². The maximum Gasteiger partial charge on any atom is 0.389 e. The molecule has 1 aromatic carbocycles. The molecule has 0 aliphatic rings. The summed E-state index contributed by atoms with van der Waals surface area (Å²) in [7, 11) is 0. The van der Waals surface area contributed by atoms with E-state index in [0.29, 0.717) is 0 Å². The number of Topliss-reactive ketones (excluding diaryl/α,β-unsaturated/α-hetero) is 1. The van der Waals surface area contributed by atoms with Gasteiger partial charge in [-0.3, -0.25) is 4.79 Å². The van der Waals surface area contributed by atoms with Gasteiger partial charge in [0, 0.05) is 6.42 Å². The Balaban J connectivity index is 2.78. The fourth-order valence-corrected chi connectivity index (χ4v) is 1.28. The van der Waals surface area contributed by atoms with Gasteiger partial charge in [-0.2, -0.15) is 13.2 Å². The quantitative estimate of drug-likeness (QED) is 0.588. The number of rotatable bonds is 3. The summed E-state index contributed by atoms with van der Waals surface area (Å²) in [5.74, 6) is -1.88. The lowest BCUT2D eigenvalue weighted by Gasteiger charge is -2.06.